The number of hydrogen-bond acceptors (Lipinski definition) is 2. The molecule has 1 aliphatic carbocycles. The molecule has 1 nitrogen and oxygen atoms in total. The molecule has 0 heterocycles. The Morgan fingerprint density at radius 2 is 1.77 bits per heavy atom. The minimum atomic E-state index is 0.871. The molecule has 72 valence electrons. The minimum Gasteiger partial charge on any atom is -0.330 e. The maximum atomic E-state index is 3.32. The second-order valence-corrected chi connectivity index (χ2v) is 3.89. The summed E-state index contributed by atoms with van der Waals surface area (Å²) in [4.78, 5) is 0. The monoisotopic (exact) mass is 195 g/mol. The van der Waals surface area contributed by atoms with Crippen molar-refractivity contribution in [3.05, 3.63) is 30.3 Å². The van der Waals surface area contributed by atoms with Gasteiger partial charge in [0.15, 0.2) is 0 Å². The van der Waals surface area contributed by atoms with E-state index in [1.165, 1.54) is 18.5 Å². The fraction of sp³-hybridized carbons (Fsp3) is 0.455. The van der Waals surface area contributed by atoms with Crippen LogP contribution in [0.15, 0.2) is 30.3 Å². The summed E-state index contributed by atoms with van der Waals surface area (Å²) < 4.78 is 3.32. The van der Waals surface area contributed by atoms with Crippen molar-refractivity contribution >= 4 is 17.6 Å². The molecule has 1 aromatic rings. The maximum absolute atomic E-state index is 3.32. The van der Waals surface area contributed by atoms with Gasteiger partial charge in [-0.3, -0.25) is 0 Å². The number of benzene rings is 1. The molecule has 0 saturated heterocycles. The standard InChI is InChI=1S/C9H11NS.C2H6/c1-2-4-8(5-3-1)10-11-9-6-7-9;1-2/h1-5,9-10H,6-7H2;1-2H3. The topological polar surface area (TPSA) is 12.0 Å². The highest BCUT2D eigenvalue weighted by Gasteiger charge is 2.21. The molecule has 0 spiro atoms. The Bertz CT molecular complexity index is 219. The summed E-state index contributed by atoms with van der Waals surface area (Å²) in [5.74, 6) is 0. The van der Waals surface area contributed by atoms with Crippen molar-refractivity contribution in [1.82, 2.24) is 0 Å². The van der Waals surface area contributed by atoms with Crippen LogP contribution in [0.25, 0.3) is 0 Å². The van der Waals surface area contributed by atoms with Gasteiger partial charge in [-0.1, -0.05) is 32.0 Å². The first-order chi connectivity index (χ1) is 6.45. The van der Waals surface area contributed by atoms with Crippen LogP contribution in [0.5, 0.6) is 0 Å². The molecule has 1 aliphatic rings. The fourth-order valence-corrected chi connectivity index (χ4v) is 1.65. The number of rotatable bonds is 3. The van der Waals surface area contributed by atoms with Crippen LogP contribution in [0.4, 0.5) is 5.69 Å². The maximum Gasteiger partial charge on any atom is 0.0440 e. The van der Waals surface area contributed by atoms with Crippen molar-refractivity contribution in [2.24, 2.45) is 0 Å². The first-order valence-corrected chi connectivity index (χ1v) is 5.80. The second kappa shape index (κ2) is 5.92. The number of anilines is 1. The summed E-state index contributed by atoms with van der Waals surface area (Å²) >= 11 is 1.85. The lowest BCUT2D eigenvalue weighted by molar-refractivity contribution is 1.50. The Labute approximate surface area is 85.1 Å². The van der Waals surface area contributed by atoms with Gasteiger partial charge in [0, 0.05) is 10.9 Å². The van der Waals surface area contributed by atoms with E-state index in [2.05, 4.69) is 29.0 Å². The van der Waals surface area contributed by atoms with Gasteiger partial charge in [-0.25, -0.2) is 0 Å². The van der Waals surface area contributed by atoms with Gasteiger partial charge >= 0.3 is 0 Å². The first-order valence-electron chi connectivity index (χ1n) is 4.92. The molecule has 1 fully saturated rings. The quantitative estimate of drug-likeness (QED) is 0.733. The molecule has 0 bridgehead atoms. The normalized spacial score (nSPS) is 14.3. The van der Waals surface area contributed by atoms with E-state index in [0.717, 1.165) is 5.25 Å². The predicted molar refractivity (Wildman–Crippen MR) is 62.0 cm³/mol. The van der Waals surface area contributed by atoms with E-state index in [-0.39, 0.29) is 0 Å². The van der Waals surface area contributed by atoms with E-state index < -0.39 is 0 Å². The zero-order chi connectivity index (χ0) is 9.52. The first kappa shape index (κ1) is 10.5. The van der Waals surface area contributed by atoms with Crippen LogP contribution in [0.3, 0.4) is 0 Å². The molecule has 13 heavy (non-hydrogen) atoms. The SMILES string of the molecule is CC.c1ccc(NSC2CC2)cc1. The van der Waals surface area contributed by atoms with Crippen LogP contribution in [-0.4, -0.2) is 5.25 Å². The lowest BCUT2D eigenvalue weighted by Gasteiger charge is -2.01. The van der Waals surface area contributed by atoms with E-state index in [9.17, 15) is 0 Å². The van der Waals surface area contributed by atoms with Gasteiger partial charge in [-0.05, 0) is 36.9 Å². The van der Waals surface area contributed by atoms with Gasteiger partial charge in [-0.2, -0.15) is 0 Å². The van der Waals surface area contributed by atoms with Gasteiger partial charge in [0.1, 0.15) is 0 Å². The highest BCUT2D eigenvalue weighted by atomic mass is 32.2. The number of para-hydroxylation sites is 1. The van der Waals surface area contributed by atoms with Crippen LogP contribution in [0, 0.1) is 0 Å². The number of hydrogen-bond donors (Lipinski definition) is 1. The van der Waals surface area contributed by atoms with E-state index in [4.69, 9.17) is 0 Å². The summed E-state index contributed by atoms with van der Waals surface area (Å²) in [6.07, 6.45) is 2.76. The summed E-state index contributed by atoms with van der Waals surface area (Å²) in [6, 6.07) is 10.3. The van der Waals surface area contributed by atoms with E-state index >= 15 is 0 Å². The Morgan fingerprint density at radius 3 is 2.31 bits per heavy atom. The van der Waals surface area contributed by atoms with E-state index in [1.54, 1.807) is 0 Å². The zero-order valence-corrected chi connectivity index (χ0v) is 9.10. The third-order valence-corrected chi connectivity index (χ3v) is 2.80. The molecule has 1 saturated carbocycles. The molecule has 0 unspecified atom stereocenters. The smallest absolute Gasteiger partial charge is 0.0440 e. The lowest BCUT2D eigenvalue weighted by Crippen LogP contribution is -1.86. The Balaban J connectivity index is 0.000000396. The molecule has 1 aromatic carbocycles. The van der Waals surface area contributed by atoms with Gasteiger partial charge in [0.05, 0.1) is 0 Å². The van der Waals surface area contributed by atoms with Gasteiger partial charge in [-0.15, -0.1) is 0 Å². The summed E-state index contributed by atoms with van der Waals surface area (Å²) in [5.41, 5.74) is 1.21. The molecule has 0 aliphatic heterocycles. The van der Waals surface area contributed by atoms with Crippen LogP contribution < -0.4 is 4.72 Å². The van der Waals surface area contributed by atoms with Crippen molar-refractivity contribution in [3.8, 4) is 0 Å². The molecule has 0 radical (unpaired) electrons. The molecule has 0 atom stereocenters. The van der Waals surface area contributed by atoms with Gasteiger partial charge in [0.2, 0.25) is 0 Å². The molecule has 2 heteroatoms. The number of nitrogens with one attached hydrogen (secondary N) is 1. The Kier molecular flexibility index (Phi) is 4.76. The fourth-order valence-electron chi connectivity index (χ4n) is 0.843. The van der Waals surface area contributed by atoms with Gasteiger partial charge < -0.3 is 4.72 Å². The predicted octanol–water partition coefficient (Wildman–Crippen LogP) is 3.94. The Morgan fingerprint density at radius 1 is 1.15 bits per heavy atom. The summed E-state index contributed by atoms with van der Waals surface area (Å²) in [5, 5.41) is 0.871. The van der Waals surface area contributed by atoms with Crippen LogP contribution in [0.2, 0.25) is 0 Å². The van der Waals surface area contributed by atoms with Gasteiger partial charge in [0.25, 0.3) is 0 Å². The Hall–Kier alpha value is -0.630. The highest BCUT2D eigenvalue weighted by Crippen LogP contribution is 2.34. The average molecular weight is 195 g/mol. The van der Waals surface area contributed by atoms with Crippen molar-refractivity contribution in [3.63, 3.8) is 0 Å². The minimum absolute atomic E-state index is 0.871. The zero-order valence-electron chi connectivity index (χ0n) is 8.29. The molecular formula is C11H17NS. The van der Waals surface area contributed by atoms with E-state index in [0.29, 0.717) is 0 Å². The molecule has 0 amide bonds. The highest BCUT2D eigenvalue weighted by molar-refractivity contribution is 8.01. The third-order valence-electron chi connectivity index (χ3n) is 1.64. The summed E-state index contributed by atoms with van der Waals surface area (Å²) in [6.45, 7) is 4.00. The largest absolute Gasteiger partial charge is 0.330 e. The van der Waals surface area contributed by atoms with Crippen LogP contribution >= 0.6 is 11.9 Å². The summed E-state index contributed by atoms with van der Waals surface area (Å²) in [7, 11) is 0. The molecule has 2 rings (SSSR count). The average Bonchev–Trinajstić information content (AvgIpc) is 3.03. The lowest BCUT2D eigenvalue weighted by atomic mass is 10.3. The second-order valence-electron chi connectivity index (χ2n) is 2.79. The van der Waals surface area contributed by atoms with Crippen molar-refractivity contribution < 1.29 is 0 Å². The third kappa shape index (κ3) is 4.23. The van der Waals surface area contributed by atoms with Crippen molar-refractivity contribution in [2.75, 3.05) is 4.72 Å². The van der Waals surface area contributed by atoms with Crippen molar-refractivity contribution in [2.45, 2.75) is 31.9 Å². The van der Waals surface area contributed by atoms with Crippen LogP contribution in [0.1, 0.15) is 26.7 Å². The molecular weight excluding hydrogens is 178 g/mol. The van der Waals surface area contributed by atoms with Crippen molar-refractivity contribution in [1.29, 1.82) is 0 Å². The van der Waals surface area contributed by atoms with Crippen LogP contribution in [-0.2, 0) is 0 Å². The molecule has 0 aromatic heterocycles. The van der Waals surface area contributed by atoms with E-state index in [1.807, 2.05) is 31.9 Å². The molecule has 1 N–H and O–H groups in total.